The van der Waals surface area contributed by atoms with Crippen molar-refractivity contribution in [3.05, 3.63) is 0 Å². The molecular formula is C12H22O4. The molecule has 0 aromatic carbocycles. The van der Waals surface area contributed by atoms with E-state index >= 15 is 0 Å². The molecule has 0 aliphatic carbocycles. The van der Waals surface area contributed by atoms with Gasteiger partial charge in [-0.25, -0.2) is 0 Å². The zero-order chi connectivity index (χ0) is 12.4. The minimum Gasteiger partial charge on any atom is -0.481 e. The van der Waals surface area contributed by atoms with E-state index in [1.807, 2.05) is 27.7 Å². The predicted molar refractivity (Wildman–Crippen MR) is 60.4 cm³/mol. The lowest BCUT2D eigenvalue weighted by atomic mass is 9.79. The Morgan fingerprint density at radius 2 is 2.19 bits per heavy atom. The van der Waals surface area contributed by atoms with E-state index in [2.05, 4.69) is 0 Å². The second-order valence-electron chi connectivity index (χ2n) is 5.44. The molecular weight excluding hydrogens is 208 g/mol. The summed E-state index contributed by atoms with van der Waals surface area (Å²) in [6, 6.07) is 0. The first kappa shape index (κ1) is 13.5. The van der Waals surface area contributed by atoms with Crippen LogP contribution in [-0.2, 0) is 14.3 Å². The van der Waals surface area contributed by atoms with Gasteiger partial charge in [-0.15, -0.1) is 0 Å². The summed E-state index contributed by atoms with van der Waals surface area (Å²) in [5.74, 6) is -0.769. The minimum absolute atomic E-state index is 0.220. The molecule has 1 saturated heterocycles. The molecule has 0 radical (unpaired) electrons. The Balaban J connectivity index is 2.57. The summed E-state index contributed by atoms with van der Waals surface area (Å²) < 4.78 is 11.0. The van der Waals surface area contributed by atoms with Gasteiger partial charge in [0.05, 0.1) is 17.1 Å². The molecule has 16 heavy (non-hydrogen) atoms. The Labute approximate surface area is 96.9 Å². The standard InChI is InChI=1S/C12H22O4/c1-9-12(10(13)14,5-7-15-9)6-8-16-11(2,3)4/h9H,5-8H2,1-4H3,(H,13,14). The highest BCUT2D eigenvalue weighted by Gasteiger charge is 2.48. The third kappa shape index (κ3) is 2.95. The van der Waals surface area contributed by atoms with Crippen LogP contribution in [0.1, 0.15) is 40.5 Å². The molecule has 0 amide bonds. The van der Waals surface area contributed by atoms with Gasteiger partial charge < -0.3 is 14.6 Å². The number of ether oxygens (including phenoxy) is 2. The van der Waals surface area contributed by atoms with Crippen LogP contribution in [0.25, 0.3) is 0 Å². The van der Waals surface area contributed by atoms with Gasteiger partial charge in [0.1, 0.15) is 0 Å². The predicted octanol–water partition coefficient (Wildman–Crippen LogP) is 2.07. The van der Waals surface area contributed by atoms with E-state index in [0.717, 1.165) is 0 Å². The number of carboxylic acid groups (broad SMARTS) is 1. The van der Waals surface area contributed by atoms with Gasteiger partial charge in [-0.3, -0.25) is 4.79 Å². The van der Waals surface area contributed by atoms with Crippen molar-refractivity contribution in [3.63, 3.8) is 0 Å². The highest BCUT2D eigenvalue weighted by atomic mass is 16.5. The summed E-state index contributed by atoms with van der Waals surface area (Å²) >= 11 is 0. The van der Waals surface area contributed by atoms with E-state index in [1.165, 1.54) is 0 Å². The summed E-state index contributed by atoms with van der Waals surface area (Å²) in [7, 11) is 0. The van der Waals surface area contributed by atoms with Gasteiger partial charge in [0.2, 0.25) is 0 Å². The summed E-state index contributed by atoms with van der Waals surface area (Å²) in [4.78, 5) is 11.4. The fraction of sp³-hybridized carbons (Fsp3) is 0.917. The molecule has 1 rings (SSSR count). The third-order valence-corrected chi connectivity index (χ3v) is 3.20. The quantitative estimate of drug-likeness (QED) is 0.803. The van der Waals surface area contributed by atoms with Crippen molar-refractivity contribution < 1.29 is 19.4 Å². The molecule has 1 aliphatic rings. The molecule has 1 aliphatic heterocycles. The maximum absolute atomic E-state index is 11.4. The molecule has 0 spiro atoms. The van der Waals surface area contributed by atoms with Crippen molar-refractivity contribution in [3.8, 4) is 0 Å². The topological polar surface area (TPSA) is 55.8 Å². The first-order valence-corrected chi connectivity index (χ1v) is 5.77. The smallest absolute Gasteiger partial charge is 0.312 e. The highest BCUT2D eigenvalue weighted by molar-refractivity contribution is 5.75. The zero-order valence-corrected chi connectivity index (χ0v) is 10.6. The van der Waals surface area contributed by atoms with Gasteiger partial charge in [-0.2, -0.15) is 0 Å². The van der Waals surface area contributed by atoms with Gasteiger partial charge in [-0.05, 0) is 40.5 Å². The van der Waals surface area contributed by atoms with Crippen LogP contribution in [0.15, 0.2) is 0 Å². The lowest BCUT2D eigenvalue weighted by Crippen LogP contribution is -2.39. The molecule has 0 aromatic heterocycles. The van der Waals surface area contributed by atoms with Gasteiger partial charge in [0.15, 0.2) is 0 Å². The monoisotopic (exact) mass is 230 g/mol. The number of aliphatic carboxylic acids is 1. The Bertz CT molecular complexity index is 256. The number of hydrogen-bond donors (Lipinski definition) is 1. The van der Waals surface area contributed by atoms with Crippen LogP contribution >= 0.6 is 0 Å². The maximum atomic E-state index is 11.4. The average Bonchev–Trinajstić information content (AvgIpc) is 2.46. The molecule has 0 saturated carbocycles. The molecule has 1 heterocycles. The van der Waals surface area contributed by atoms with E-state index in [4.69, 9.17) is 9.47 Å². The molecule has 2 unspecified atom stereocenters. The molecule has 4 heteroatoms. The molecule has 4 nitrogen and oxygen atoms in total. The Hall–Kier alpha value is -0.610. The van der Waals surface area contributed by atoms with Gasteiger partial charge in [0, 0.05) is 13.2 Å². The van der Waals surface area contributed by atoms with Crippen LogP contribution in [0.2, 0.25) is 0 Å². The molecule has 0 bridgehead atoms. The van der Waals surface area contributed by atoms with E-state index in [-0.39, 0.29) is 11.7 Å². The largest absolute Gasteiger partial charge is 0.481 e. The third-order valence-electron chi connectivity index (χ3n) is 3.20. The Morgan fingerprint density at radius 3 is 2.56 bits per heavy atom. The van der Waals surface area contributed by atoms with Crippen molar-refractivity contribution in [2.45, 2.75) is 52.2 Å². The first-order chi connectivity index (χ1) is 7.28. The number of carboxylic acids is 1. The van der Waals surface area contributed by atoms with Crippen LogP contribution in [-0.4, -0.2) is 36.0 Å². The van der Waals surface area contributed by atoms with E-state index in [9.17, 15) is 9.90 Å². The van der Waals surface area contributed by atoms with Crippen molar-refractivity contribution in [1.29, 1.82) is 0 Å². The number of rotatable bonds is 4. The lowest BCUT2D eigenvalue weighted by molar-refractivity contribution is -0.154. The summed E-state index contributed by atoms with van der Waals surface area (Å²) in [6.07, 6.45) is 0.867. The summed E-state index contributed by atoms with van der Waals surface area (Å²) in [6.45, 7) is 8.73. The number of carbonyl (C=O) groups is 1. The van der Waals surface area contributed by atoms with Gasteiger partial charge in [0.25, 0.3) is 0 Å². The van der Waals surface area contributed by atoms with Crippen LogP contribution in [0.5, 0.6) is 0 Å². The van der Waals surface area contributed by atoms with Crippen molar-refractivity contribution in [1.82, 2.24) is 0 Å². The second-order valence-corrected chi connectivity index (χ2v) is 5.44. The minimum atomic E-state index is -0.769. The van der Waals surface area contributed by atoms with Gasteiger partial charge >= 0.3 is 5.97 Å². The van der Waals surface area contributed by atoms with Gasteiger partial charge in [-0.1, -0.05) is 0 Å². The van der Waals surface area contributed by atoms with E-state index in [0.29, 0.717) is 26.1 Å². The molecule has 1 fully saturated rings. The summed E-state index contributed by atoms with van der Waals surface area (Å²) in [5, 5.41) is 9.33. The molecule has 1 N–H and O–H groups in total. The van der Waals surface area contributed by atoms with Crippen molar-refractivity contribution >= 4 is 5.97 Å². The molecule has 0 aromatic rings. The molecule has 94 valence electrons. The maximum Gasteiger partial charge on any atom is 0.312 e. The van der Waals surface area contributed by atoms with Crippen molar-refractivity contribution in [2.75, 3.05) is 13.2 Å². The lowest BCUT2D eigenvalue weighted by Gasteiger charge is -2.29. The van der Waals surface area contributed by atoms with Crippen LogP contribution < -0.4 is 0 Å². The Kier molecular flexibility index (Phi) is 3.97. The normalized spacial score (nSPS) is 30.6. The van der Waals surface area contributed by atoms with Crippen LogP contribution in [0, 0.1) is 5.41 Å². The fourth-order valence-electron chi connectivity index (χ4n) is 2.04. The molecule has 2 atom stereocenters. The zero-order valence-electron chi connectivity index (χ0n) is 10.6. The van der Waals surface area contributed by atoms with Crippen LogP contribution in [0.3, 0.4) is 0 Å². The SMILES string of the molecule is CC1OCCC1(CCOC(C)(C)C)C(=O)O. The first-order valence-electron chi connectivity index (χ1n) is 5.77. The summed E-state index contributed by atoms with van der Waals surface area (Å²) in [5.41, 5.74) is -0.979. The highest BCUT2D eigenvalue weighted by Crippen LogP contribution is 2.38. The van der Waals surface area contributed by atoms with Crippen molar-refractivity contribution in [2.24, 2.45) is 5.41 Å². The Morgan fingerprint density at radius 1 is 1.56 bits per heavy atom. The average molecular weight is 230 g/mol. The fourth-order valence-corrected chi connectivity index (χ4v) is 2.04. The second kappa shape index (κ2) is 4.72. The van der Waals surface area contributed by atoms with E-state index < -0.39 is 11.4 Å². The van der Waals surface area contributed by atoms with Crippen LogP contribution in [0.4, 0.5) is 0 Å². The number of hydrogen-bond acceptors (Lipinski definition) is 3. The van der Waals surface area contributed by atoms with E-state index in [1.54, 1.807) is 0 Å².